The van der Waals surface area contributed by atoms with Crippen LogP contribution in [-0.2, 0) is 0 Å². The number of amides is 1. The van der Waals surface area contributed by atoms with Crippen molar-refractivity contribution in [2.45, 2.75) is 9.96 Å². The van der Waals surface area contributed by atoms with Crippen LogP contribution >= 0.6 is 34.8 Å². The predicted molar refractivity (Wildman–Crippen MR) is 87.0 cm³/mol. The molecule has 1 heterocycles. The first-order valence-electron chi connectivity index (χ1n) is 6.19. The topological polar surface area (TPSA) is 97.4 Å². The average Bonchev–Trinajstić information content (AvgIpc) is 3.00. The number of nitro groups is 1. The fourth-order valence-electron chi connectivity index (χ4n) is 1.66. The third kappa shape index (κ3) is 4.75. The number of benzene rings is 1. The smallest absolute Gasteiger partial charge is 0.288 e. The molecule has 10 heteroatoms. The van der Waals surface area contributed by atoms with Crippen LogP contribution in [-0.4, -0.2) is 20.8 Å². The van der Waals surface area contributed by atoms with Crippen molar-refractivity contribution < 1.29 is 14.1 Å². The monoisotopic (exact) mass is 377 g/mol. The van der Waals surface area contributed by atoms with Gasteiger partial charge in [-0.2, -0.15) is 0 Å². The molecular weight excluding hydrogens is 369 g/mol. The molecule has 7 nitrogen and oxygen atoms in total. The average molecular weight is 379 g/mol. The standard InChI is InChI=1S/C13H10Cl3N3O4/c14-13(15,16)12(18-11(20)10-2-1-7-23-10)17-8-3-5-9(6-4-8)19(21)22/h1-7,12,17H,(H,18,20). The Balaban J connectivity index is 2.13. The number of nitrogens with one attached hydrogen (secondary N) is 2. The Bertz CT molecular complexity index is 683. The van der Waals surface area contributed by atoms with E-state index in [-0.39, 0.29) is 11.4 Å². The minimum atomic E-state index is -1.87. The number of nitro benzene ring substituents is 1. The minimum absolute atomic E-state index is 0.0507. The van der Waals surface area contributed by atoms with Crippen LogP contribution in [0.15, 0.2) is 47.1 Å². The van der Waals surface area contributed by atoms with Crippen molar-refractivity contribution in [3.8, 4) is 0 Å². The number of non-ortho nitro benzene ring substituents is 1. The molecular formula is C13H10Cl3N3O4. The zero-order chi connectivity index (χ0) is 17.0. The summed E-state index contributed by atoms with van der Waals surface area (Å²) in [6.07, 6.45) is 0.245. The number of hydrogen-bond donors (Lipinski definition) is 2. The molecule has 0 aliphatic carbocycles. The fraction of sp³-hybridized carbons (Fsp3) is 0.154. The Kier molecular flexibility index (Phi) is 5.35. The quantitative estimate of drug-likeness (QED) is 0.357. The number of carbonyl (C=O) groups is 1. The number of halogens is 3. The van der Waals surface area contributed by atoms with Crippen LogP contribution in [0.3, 0.4) is 0 Å². The van der Waals surface area contributed by atoms with Crippen molar-refractivity contribution in [2.75, 3.05) is 5.32 Å². The van der Waals surface area contributed by atoms with Gasteiger partial charge in [-0.05, 0) is 24.3 Å². The molecule has 0 radical (unpaired) electrons. The third-order valence-electron chi connectivity index (χ3n) is 2.74. The van der Waals surface area contributed by atoms with Gasteiger partial charge in [0.05, 0.1) is 11.2 Å². The molecule has 1 unspecified atom stereocenters. The summed E-state index contributed by atoms with van der Waals surface area (Å²) in [4.78, 5) is 22.1. The highest BCUT2D eigenvalue weighted by Crippen LogP contribution is 2.31. The van der Waals surface area contributed by atoms with E-state index in [0.29, 0.717) is 5.69 Å². The lowest BCUT2D eigenvalue weighted by Gasteiger charge is -2.27. The summed E-state index contributed by atoms with van der Waals surface area (Å²) in [7, 11) is 0. The van der Waals surface area contributed by atoms with Crippen LogP contribution in [0.5, 0.6) is 0 Å². The largest absolute Gasteiger partial charge is 0.459 e. The molecule has 2 N–H and O–H groups in total. The van der Waals surface area contributed by atoms with Gasteiger partial charge < -0.3 is 15.1 Å². The van der Waals surface area contributed by atoms with E-state index in [1.54, 1.807) is 6.07 Å². The lowest BCUT2D eigenvalue weighted by Crippen LogP contribution is -2.49. The lowest BCUT2D eigenvalue weighted by atomic mass is 10.2. The molecule has 2 aromatic rings. The zero-order valence-electron chi connectivity index (χ0n) is 11.3. The highest BCUT2D eigenvalue weighted by atomic mass is 35.6. The molecule has 0 bridgehead atoms. The lowest BCUT2D eigenvalue weighted by molar-refractivity contribution is -0.384. The Labute approximate surface area is 145 Å². The molecule has 1 aromatic heterocycles. The molecule has 1 aromatic carbocycles. The molecule has 0 saturated carbocycles. The Morgan fingerprint density at radius 1 is 1.22 bits per heavy atom. The van der Waals surface area contributed by atoms with E-state index in [9.17, 15) is 14.9 Å². The van der Waals surface area contributed by atoms with Crippen LogP contribution in [0.2, 0.25) is 0 Å². The van der Waals surface area contributed by atoms with E-state index in [2.05, 4.69) is 10.6 Å². The zero-order valence-corrected chi connectivity index (χ0v) is 13.6. The highest BCUT2D eigenvalue weighted by molar-refractivity contribution is 6.68. The van der Waals surface area contributed by atoms with Crippen molar-refractivity contribution in [3.05, 3.63) is 58.5 Å². The number of anilines is 1. The molecule has 23 heavy (non-hydrogen) atoms. The summed E-state index contributed by atoms with van der Waals surface area (Å²) in [6.45, 7) is 0. The maximum atomic E-state index is 12.0. The van der Waals surface area contributed by atoms with Crippen molar-refractivity contribution in [3.63, 3.8) is 0 Å². The van der Waals surface area contributed by atoms with Crippen LogP contribution in [0.25, 0.3) is 0 Å². The number of nitrogens with zero attached hydrogens (tertiary/aromatic N) is 1. The van der Waals surface area contributed by atoms with E-state index < -0.39 is 20.8 Å². The number of furan rings is 1. The van der Waals surface area contributed by atoms with Crippen molar-refractivity contribution in [1.29, 1.82) is 0 Å². The second-order valence-corrected chi connectivity index (χ2v) is 6.74. The molecule has 2 rings (SSSR count). The second-order valence-electron chi connectivity index (χ2n) is 4.37. The Hall–Kier alpha value is -1.96. The normalized spacial score (nSPS) is 12.5. The maximum Gasteiger partial charge on any atom is 0.288 e. The summed E-state index contributed by atoms with van der Waals surface area (Å²) < 4.78 is 3.09. The molecule has 0 spiro atoms. The van der Waals surface area contributed by atoms with Gasteiger partial charge in [-0.1, -0.05) is 34.8 Å². The number of rotatable bonds is 5. The Morgan fingerprint density at radius 2 is 1.87 bits per heavy atom. The summed E-state index contributed by atoms with van der Waals surface area (Å²) in [5.41, 5.74) is 0.340. The van der Waals surface area contributed by atoms with Gasteiger partial charge in [0.15, 0.2) is 5.76 Å². The minimum Gasteiger partial charge on any atom is -0.459 e. The number of hydrogen-bond acceptors (Lipinski definition) is 5. The van der Waals surface area contributed by atoms with E-state index in [1.165, 1.54) is 36.6 Å². The van der Waals surface area contributed by atoms with Gasteiger partial charge in [-0.15, -0.1) is 0 Å². The predicted octanol–water partition coefficient (Wildman–Crippen LogP) is 3.73. The first-order valence-corrected chi connectivity index (χ1v) is 7.33. The van der Waals surface area contributed by atoms with E-state index >= 15 is 0 Å². The van der Waals surface area contributed by atoms with E-state index in [1.807, 2.05) is 0 Å². The van der Waals surface area contributed by atoms with Crippen LogP contribution in [0.4, 0.5) is 11.4 Å². The molecule has 0 saturated heterocycles. The third-order valence-corrected chi connectivity index (χ3v) is 3.39. The van der Waals surface area contributed by atoms with Crippen molar-refractivity contribution in [1.82, 2.24) is 5.32 Å². The summed E-state index contributed by atoms with van der Waals surface area (Å²) in [5.74, 6) is -0.532. The highest BCUT2D eigenvalue weighted by Gasteiger charge is 2.34. The van der Waals surface area contributed by atoms with Crippen LogP contribution in [0, 0.1) is 10.1 Å². The van der Waals surface area contributed by atoms with Gasteiger partial charge >= 0.3 is 0 Å². The summed E-state index contributed by atoms with van der Waals surface area (Å²) >= 11 is 17.6. The van der Waals surface area contributed by atoms with Crippen LogP contribution < -0.4 is 10.6 Å². The van der Waals surface area contributed by atoms with E-state index in [0.717, 1.165) is 0 Å². The van der Waals surface area contributed by atoms with Crippen molar-refractivity contribution in [2.24, 2.45) is 0 Å². The van der Waals surface area contributed by atoms with Gasteiger partial charge in [0.1, 0.15) is 6.17 Å². The van der Waals surface area contributed by atoms with Crippen molar-refractivity contribution >= 4 is 52.1 Å². The van der Waals surface area contributed by atoms with Gasteiger partial charge in [0.25, 0.3) is 11.6 Å². The van der Waals surface area contributed by atoms with Gasteiger partial charge in [0.2, 0.25) is 3.79 Å². The maximum absolute atomic E-state index is 12.0. The number of carbonyl (C=O) groups excluding carboxylic acids is 1. The molecule has 1 atom stereocenters. The first-order chi connectivity index (χ1) is 10.8. The van der Waals surface area contributed by atoms with E-state index in [4.69, 9.17) is 39.2 Å². The summed E-state index contributed by atoms with van der Waals surface area (Å²) in [5, 5.41) is 15.9. The molecule has 0 aliphatic heterocycles. The second kappa shape index (κ2) is 7.08. The number of alkyl halides is 3. The van der Waals surface area contributed by atoms with Crippen LogP contribution in [0.1, 0.15) is 10.6 Å². The van der Waals surface area contributed by atoms with Gasteiger partial charge in [-0.25, -0.2) is 0 Å². The molecule has 0 aliphatic rings. The molecule has 0 fully saturated rings. The summed E-state index contributed by atoms with van der Waals surface area (Å²) in [6, 6.07) is 8.43. The van der Waals surface area contributed by atoms with Gasteiger partial charge in [-0.3, -0.25) is 14.9 Å². The Morgan fingerprint density at radius 3 is 2.35 bits per heavy atom. The molecule has 122 valence electrons. The van der Waals surface area contributed by atoms with Gasteiger partial charge in [0, 0.05) is 17.8 Å². The SMILES string of the molecule is O=C(NC(Nc1ccc([N+](=O)[O-])cc1)C(Cl)(Cl)Cl)c1ccco1. The first kappa shape index (κ1) is 17.4. The fourth-order valence-corrected chi connectivity index (χ4v) is 1.98. The molecule has 1 amide bonds.